The Morgan fingerprint density at radius 2 is 1.96 bits per heavy atom. The number of hydrogen-bond acceptors (Lipinski definition) is 5. The highest BCUT2D eigenvalue weighted by molar-refractivity contribution is 7.13. The lowest BCUT2D eigenvalue weighted by Gasteiger charge is -2.39. The van der Waals surface area contributed by atoms with Gasteiger partial charge in [0.15, 0.2) is 0 Å². The first-order valence-corrected chi connectivity index (χ1v) is 9.47. The second kappa shape index (κ2) is 6.87. The standard InChI is InChI=1S/C17H27N3O2S/c1-11(2)16-18-12(3)15(23-16)17(22)20-9-7-19(8-10-20)13-5-4-6-14(13)21/h11,13-14,21H,4-10H2,1-3H3/t13-,14-/m1/s1. The Morgan fingerprint density at radius 3 is 2.48 bits per heavy atom. The van der Waals surface area contributed by atoms with Gasteiger partial charge in [0.1, 0.15) is 4.88 Å². The summed E-state index contributed by atoms with van der Waals surface area (Å²) in [6.07, 6.45) is 2.93. The van der Waals surface area contributed by atoms with E-state index in [4.69, 9.17) is 0 Å². The fraction of sp³-hybridized carbons (Fsp3) is 0.765. The molecule has 2 heterocycles. The fourth-order valence-corrected chi connectivity index (χ4v) is 4.65. The molecule has 2 aliphatic rings. The molecule has 5 nitrogen and oxygen atoms in total. The third-order valence-electron chi connectivity index (χ3n) is 5.02. The molecule has 1 aromatic rings. The third kappa shape index (κ3) is 3.44. The van der Waals surface area contributed by atoms with Crippen LogP contribution in [0.3, 0.4) is 0 Å². The predicted octanol–water partition coefficient (Wildman–Crippen LogP) is 2.25. The van der Waals surface area contributed by atoms with E-state index in [2.05, 4.69) is 23.7 Å². The normalized spacial score (nSPS) is 26.2. The van der Waals surface area contributed by atoms with E-state index in [1.807, 2.05) is 11.8 Å². The van der Waals surface area contributed by atoms with Gasteiger partial charge in [0, 0.05) is 38.1 Å². The van der Waals surface area contributed by atoms with Crippen molar-refractivity contribution < 1.29 is 9.90 Å². The maximum atomic E-state index is 12.8. The summed E-state index contributed by atoms with van der Waals surface area (Å²) in [5, 5.41) is 11.1. The molecule has 1 aromatic heterocycles. The lowest BCUT2D eigenvalue weighted by Crippen LogP contribution is -2.53. The minimum atomic E-state index is -0.186. The van der Waals surface area contributed by atoms with Gasteiger partial charge in [0.2, 0.25) is 0 Å². The average Bonchev–Trinajstić information content (AvgIpc) is 3.13. The molecule has 1 amide bonds. The molecule has 1 saturated heterocycles. The summed E-state index contributed by atoms with van der Waals surface area (Å²) < 4.78 is 0. The third-order valence-corrected chi connectivity index (χ3v) is 6.46. The van der Waals surface area contributed by atoms with Crippen molar-refractivity contribution in [1.82, 2.24) is 14.8 Å². The number of carbonyl (C=O) groups excluding carboxylic acids is 1. The molecule has 0 bridgehead atoms. The number of hydrogen-bond donors (Lipinski definition) is 1. The van der Waals surface area contributed by atoms with Crippen LogP contribution in [0.25, 0.3) is 0 Å². The van der Waals surface area contributed by atoms with Crippen molar-refractivity contribution >= 4 is 17.2 Å². The Kier molecular flexibility index (Phi) is 5.04. The molecule has 23 heavy (non-hydrogen) atoms. The molecule has 2 atom stereocenters. The van der Waals surface area contributed by atoms with Crippen LogP contribution in [0.15, 0.2) is 0 Å². The van der Waals surface area contributed by atoms with Crippen LogP contribution in [0.2, 0.25) is 0 Å². The van der Waals surface area contributed by atoms with E-state index in [-0.39, 0.29) is 12.0 Å². The summed E-state index contributed by atoms with van der Waals surface area (Å²) in [5.41, 5.74) is 0.859. The average molecular weight is 337 g/mol. The van der Waals surface area contributed by atoms with Crippen LogP contribution in [-0.2, 0) is 0 Å². The quantitative estimate of drug-likeness (QED) is 0.919. The van der Waals surface area contributed by atoms with E-state index in [0.717, 1.165) is 61.0 Å². The number of carbonyl (C=O) groups is 1. The number of nitrogens with zero attached hydrogens (tertiary/aromatic N) is 3. The van der Waals surface area contributed by atoms with Crippen LogP contribution in [0, 0.1) is 6.92 Å². The Bertz CT molecular complexity index is 564. The Morgan fingerprint density at radius 1 is 1.26 bits per heavy atom. The zero-order chi connectivity index (χ0) is 16.6. The second-order valence-electron chi connectivity index (χ2n) is 7.02. The van der Waals surface area contributed by atoms with Crippen LogP contribution in [-0.4, -0.2) is 64.1 Å². The van der Waals surface area contributed by atoms with E-state index in [1.165, 1.54) is 11.3 Å². The summed E-state index contributed by atoms with van der Waals surface area (Å²) >= 11 is 1.54. The number of aryl methyl sites for hydroxylation is 1. The Balaban J connectivity index is 1.62. The lowest BCUT2D eigenvalue weighted by atomic mass is 10.1. The van der Waals surface area contributed by atoms with Crippen LogP contribution < -0.4 is 0 Å². The van der Waals surface area contributed by atoms with Gasteiger partial charge in [-0.05, 0) is 26.2 Å². The van der Waals surface area contributed by atoms with Gasteiger partial charge >= 0.3 is 0 Å². The molecule has 1 aliphatic heterocycles. The number of aliphatic hydroxyl groups is 1. The summed E-state index contributed by atoms with van der Waals surface area (Å²) in [6, 6.07) is 0.296. The van der Waals surface area contributed by atoms with Gasteiger partial charge in [-0.3, -0.25) is 9.69 Å². The smallest absolute Gasteiger partial charge is 0.265 e. The van der Waals surface area contributed by atoms with Gasteiger partial charge < -0.3 is 10.0 Å². The fourth-order valence-electron chi connectivity index (χ4n) is 3.61. The highest BCUT2D eigenvalue weighted by Gasteiger charge is 2.34. The van der Waals surface area contributed by atoms with Gasteiger partial charge in [-0.1, -0.05) is 13.8 Å². The number of rotatable bonds is 3. The van der Waals surface area contributed by atoms with Crippen LogP contribution in [0.4, 0.5) is 0 Å². The zero-order valence-corrected chi connectivity index (χ0v) is 15.1. The molecule has 0 aromatic carbocycles. The first-order valence-electron chi connectivity index (χ1n) is 8.66. The first-order chi connectivity index (χ1) is 11.0. The number of aromatic nitrogens is 1. The molecular weight excluding hydrogens is 310 g/mol. The van der Waals surface area contributed by atoms with E-state index in [1.54, 1.807) is 0 Å². The highest BCUT2D eigenvalue weighted by Crippen LogP contribution is 2.28. The minimum absolute atomic E-state index is 0.124. The predicted molar refractivity (Wildman–Crippen MR) is 92.1 cm³/mol. The monoisotopic (exact) mass is 337 g/mol. The van der Waals surface area contributed by atoms with Crippen LogP contribution >= 0.6 is 11.3 Å². The minimum Gasteiger partial charge on any atom is -0.391 e. The van der Waals surface area contributed by atoms with Crippen molar-refractivity contribution in [2.75, 3.05) is 26.2 Å². The molecule has 0 unspecified atom stereocenters. The maximum absolute atomic E-state index is 12.8. The van der Waals surface area contributed by atoms with E-state index in [9.17, 15) is 9.90 Å². The highest BCUT2D eigenvalue weighted by atomic mass is 32.1. The molecule has 3 rings (SSSR count). The second-order valence-corrected chi connectivity index (χ2v) is 8.05. The summed E-state index contributed by atoms with van der Waals surface area (Å²) in [7, 11) is 0. The van der Waals surface area contributed by atoms with Crippen molar-refractivity contribution in [1.29, 1.82) is 0 Å². The molecule has 1 N–H and O–H groups in total. The van der Waals surface area contributed by atoms with Crippen molar-refractivity contribution in [3.8, 4) is 0 Å². The lowest BCUT2D eigenvalue weighted by molar-refractivity contribution is 0.0317. The van der Waals surface area contributed by atoms with Gasteiger partial charge in [-0.2, -0.15) is 0 Å². The zero-order valence-electron chi connectivity index (χ0n) is 14.3. The number of amides is 1. The molecule has 0 spiro atoms. The molecule has 1 saturated carbocycles. The van der Waals surface area contributed by atoms with Crippen molar-refractivity contribution in [2.24, 2.45) is 0 Å². The molecular formula is C17H27N3O2S. The van der Waals surface area contributed by atoms with Crippen molar-refractivity contribution in [3.05, 3.63) is 15.6 Å². The molecule has 0 radical (unpaired) electrons. The largest absolute Gasteiger partial charge is 0.391 e. The Hall–Kier alpha value is -0.980. The van der Waals surface area contributed by atoms with Gasteiger partial charge in [0.05, 0.1) is 16.8 Å². The summed E-state index contributed by atoms with van der Waals surface area (Å²) in [5.74, 6) is 0.486. The van der Waals surface area contributed by atoms with Gasteiger partial charge in [0.25, 0.3) is 5.91 Å². The first kappa shape index (κ1) is 16.9. The summed E-state index contributed by atoms with van der Waals surface area (Å²) in [4.78, 5) is 22.4. The van der Waals surface area contributed by atoms with Crippen LogP contribution in [0.1, 0.15) is 59.4 Å². The number of piperazine rings is 1. The van der Waals surface area contributed by atoms with Gasteiger partial charge in [-0.15, -0.1) is 11.3 Å². The summed E-state index contributed by atoms with van der Waals surface area (Å²) in [6.45, 7) is 9.37. The number of aliphatic hydroxyl groups excluding tert-OH is 1. The van der Waals surface area contributed by atoms with Crippen molar-refractivity contribution in [3.63, 3.8) is 0 Å². The number of thiazole rings is 1. The molecule has 2 fully saturated rings. The van der Waals surface area contributed by atoms with E-state index < -0.39 is 0 Å². The Labute approximate surface area is 142 Å². The van der Waals surface area contributed by atoms with Gasteiger partial charge in [-0.25, -0.2) is 4.98 Å². The molecule has 128 valence electrons. The van der Waals surface area contributed by atoms with Crippen molar-refractivity contribution in [2.45, 2.75) is 58.1 Å². The van der Waals surface area contributed by atoms with E-state index in [0.29, 0.717) is 12.0 Å². The maximum Gasteiger partial charge on any atom is 0.265 e. The van der Waals surface area contributed by atoms with E-state index >= 15 is 0 Å². The topological polar surface area (TPSA) is 56.7 Å². The molecule has 1 aliphatic carbocycles. The SMILES string of the molecule is Cc1nc(C(C)C)sc1C(=O)N1CCN([C@@H]2CCC[C@H]2O)CC1. The molecule has 6 heteroatoms. The van der Waals surface area contributed by atoms with Crippen LogP contribution in [0.5, 0.6) is 0 Å².